The number of likely N-dealkylation sites (tertiary alicyclic amines) is 1. The standard InChI is InChI=1S/C19H22N2O/c22-19(20-14-16-8-3-1-4-9-16)15-21-13-7-12-18(21)17-10-5-2-6-11-17/h1-6,8-11,18H,7,12-15H2,(H,20,22)/t18-/m0/s1. The minimum absolute atomic E-state index is 0.103. The van der Waals surface area contributed by atoms with Crippen LogP contribution in [0.25, 0.3) is 0 Å². The van der Waals surface area contributed by atoms with Crippen molar-refractivity contribution in [3.8, 4) is 0 Å². The number of rotatable bonds is 5. The van der Waals surface area contributed by atoms with Gasteiger partial charge >= 0.3 is 0 Å². The van der Waals surface area contributed by atoms with Crippen LogP contribution in [0.5, 0.6) is 0 Å². The Morgan fingerprint density at radius 2 is 1.73 bits per heavy atom. The topological polar surface area (TPSA) is 32.3 Å². The fraction of sp³-hybridized carbons (Fsp3) is 0.316. The van der Waals surface area contributed by atoms with Gasteiger partial charge in [0.05, 0.1) is 6.54 Å². The van der Waals surface area contributed by atoms with Crippen LogP contribution in [0.15, 0.2) is 60.7 Å². The number of carbonyl (C=O) groups is 1. The molecule has 114 valence electrons. The molecule has 1 N–H and O–H groups in total. The summed E-state index contributed by atoms with van der Waals surface area (Å²) in [6.45, 7) is 2.08. The predicted octanol–water partition coefficient (Wildman–Crippen LogP) is 3.14. The molecule has 0 unspecified atom stereocenters. The second-order valence-corrected chi connectivity index (χ2v) is 5.80. The zero-order valence-corrected chi connectivity index (χ0v) is 12.7. The van der Waals surface area contributed by atoms with E-state index in [4.69, 9.17) is 0 Å². The molecule has 2 aromatic carbocycles. The van der Waals surface area contributed by atoms with Crippen molar-refractivity contribution in [2.24, 2.45) is 0 Å². The van der Waals surface area contributed by atoms with E-state index < -0.39 is 0 Å². The van der Waals surface area contributed by atoms with Gasteiger partial charge < -0.3 is 5.32 Å². The molecule has 0 spiro atoms. The zero-order chi connectivity index (χ0) is 15.2. The summed E-state index contributed by atoms with van der Waals surface area (Å²) in [6, 6.07) is 20.9. The van der Waals surface area contributed by atoms with Gasteiger partial charge in [0.1, 0.15) is 0 Å². The first-order chi connectivity index (χ1) is 10.8. The number of nitrogens with zero attached hydrogens (tertiary/aromatic N) is 1. The lowest BCUT2D eigenvalue weighted by molar-refractivity contribution is -0.122. The average molecular weight is 294 g/mol. The number of hydrogen-bond acceptors (Lipinski definition) is 2. The number of carbonyl (C=O) groups excluding carboxylic acids is 1. The summed E-state index contributed by atoms with van der Waals surface area (Å²) in [5, 5.41) is 3.02. The quantitative estimate of drug-likeness (QED) is 0.919. The van der Waals surface area contributed by atoms with Crippen molar-refractivity contribution < 1.29 is 4.79 Å². The Bertz CT molecular complexity index is 597. The van der Waals surface area contributed by atoms with Crippen molar-refractivity contribution in [3.05, 3.63) is 71.8 Å². The SMILES string of the molecule is O=C(CN1CCC[C@H]1c1ccccc1)NCc1ccccc1. The lowest BCUT2D eigenvalue weighted by Gasteiger charge is -2.24. The number of benzene rings is 2. The van der Waals surface area contributed by atoms with E-state index in [1.165, 1.54) is 5.56 Å². The Morgan fingerprint density at radius 1 is 1.05 bits per heavy atom. The molecule has 0 aromatic heterocycles. The van der Waals surface area contributed by atoms with Crippen molar-refractivity contribution in [1.29, 1.82) is 0 Å². The maximum atomic E-state index is 12.2. The molecule has 1 fully saturated rings. The Kier molecular flexibility index (Phi) is 4.86. The molecule has 0 bridgehead atoms. The third-order valence-corrected chi connectivity index (χ3v) is 4.23. The third kappa shape index (κ3) is 3.74. The Balaban J connectivity index is 1.54. The highest BCUT2D eigenvalue weighted by Crippen LogP contribution is 2.31. The summed E-state index contributed by atoms with van der Waals surface area (Å²) in [5.74, 6) is 0.103. The van der Waals surface area contributed by atoms with Crippen LogP contribution in [0.2, 0.25) is 0 Å². The van der Waals surface area contributed by atoms with Gasteiger partial charge in [-0.15, -0.1) is 0 Å². The third-order valence-electron chi connectivity index (χ3n) is 4.23. The molecule has 22 heavy (non-hydrogen) atoms. The molecule has 1 saturated heterocycles. The molecule has 3 nitrogen and oxygen atoms in total. The van der Waals surface area contributed by atoms with Crippen molar-refractivity contribution >= 4 is 5.91 Å². The van der Waals surface area contributed by atoms with E-state index in [2.05, 4.69) is 34.5 Å². The van der Waals surface area contributed by atoms with E-state index >= 15 is 0 Å². The maximum absolute atomic E-state index is 12.2. The van der Waals surface area contributed by atoms with Crippen LogP contribution in [0.4, 0.5) is 0 Å². The molecule has 0 radical (unpaired) electrons. The summed E-state index contributed by atoms with van der Waals surface area (Å²) >= 11 is 0. The number of nitrogens with one attached hydrogen (secondary N) is 1. The van der Waals surface area contributed by atoms with Crippen molar-refractivity contribution in [3.63, 3.8) is 0 Å². The lowest BCUT2D eigenvalue weighted by Crippen LogP contribution is -2.36. The molecule has 1 atom stereocenters. The second kappa shape index (κ2) is 7.23. The monoisotopic (exact) mass is 294 g/mol. The van der Waals surface area contributed by atoms with Gasteiger partial charge in [0.25, 0.3) is 0 Å². The molecule has 0 aliphatic carbocycles. The van der Waals surface area contributed by atoms with Gasteiger partial charge in [0.2, 0.25) is 5.91 Å². The first-order valence-electron chi connectivity index (χ1n) is 7.92. The number of amides is 1. The first-order valence-corrected chi connectivity index (χ1v) is 7.92. The maximum Gasteiger partial charge on any atom is 0.234 e. The molecule has 1 heterocycles. The van der Waals surface area contributed by atoms with Crippen molar-refractivity contribution in [1.82, 2.24) is 10.2 Å². The van der Waals surface area contributed by atoms with E-state index in [1.807, 2.05) is 36.4 Å². The molecule has 3 rings (SSSR count). The largest absolute Gasteiger partial charge is 0.351 e. The van der Waals surface area contributed by atoms with Crippen LogP contribution in [0.3, 0.4) is 0 Å². The minimum atomic E-state index is 0.103. The van der Waals surface area contributed by atoms with Crippen LogP contribution in [0.1, 0.15) is 30.0 Å². The molecular formula is C19H22N2O. The summed E-state index contributed by atoms with van der Waals surface area (Å²) in [6.07, 6.45) is 2.29. The normalized spacial score (nSPS) is 18.3. The highest BCUT2D eigenvalue weighted by Gasteiger charge is 2.27. The summed E-state index contributed by atoms with van der Waals surface area (Å²) in [5.41, 5.74) is 2.45. The molecule has 1 aliphatic heterocycles. The molecule has 1 aliphatic rings. The van der Waals surface area contributed by atoms with E-state index in [-0.39, 0.29) is 5.91 Å². The Morgan fingerprint density at radius 3 is 2.45 bits per heavy atom. The molecule has 0 saturated carbocycles. The molecule has 1 amide bonds. The fourth-order valence-corrected chi connectivity index (χ4v) is 3.10. The predicted molar refractivity (Wildman–Crippen MR) is 88.3 cm³/mol. The van der Waals surface area contributed by atoms with Crippen molar-refractivity contribution in [2.75, 3.05) is 13.1 Å². The highest BCUT2D eigenvalue weighted by molar-refractivity contribution is 5.78. The summed E-state index contributed by atoms with van der Waals surface area (Å²) in [7, 11) is 0. The van der Waals surface area contributed by atoms with Crippen LogP contribution in [0, 0.1) is 0 Å². The van der Waals surface area contributed by atoms with Crippen LogP contribution in [-0.4, -0.2) is 23.9 Å². The van der Waals surface area contributed by atoms with Crippen LogP contribution >= 0.6 is 0 Å². The number of hydrogen-bond donors (Lipinski definition) is 1. The van der Waals surface area contributed by atoms with Gasteiger partial charge in [-0.2, -0.15) is 0 Å². The fourth-order valence-electron chi connectivity index (χ4n) is 3.10. The van der Waals surface area contributed by atoms with E-state index in [0.717, 1.165) is 24.9 Å². The first kappa shape index (κ1) is 14.8. The zero-order valence-electron chi connectivity index (χ0n) is 12.7. The molecular weight excluding hydrogens is 272 g/mol. The van der Waals surface area contributed by atoms with Gasteiger partial charge in [-0.25, -0.2) is 0 Å². The van der Waals surface area contributed by atoms with E-state index in [9.17, 15) is 4.79 Å². The highest BCUT2D eigenvalue weighted by atomic mass is 16.2. The van der Waals surface area contributed by atoms with Gasteiger partial charge in [-0.05, 0) is 30.5 Å². The summed E-state index contributed by atoms with van der Waals surface area (Å²) < 4.78 is 0. The lowest BCUT2D eigenvalue weighted by atomic mass is 10.0. The summed E-state index contributed by atoms with van der Waals surface area (Å²) in [4.78, 5) is 14.5. The van der Waals surface area contributed by atoms with Gasteiger partial charge in [-0.1, -0.05) is 60.7 Å². The second-order valence-electron chi connectivity index (χ2n) is 5.80. The van der Waals surface area contributed by atoms with E-state index in [1.54, 1.807) is 0 Å². The van der Waals surface area contributed by atoms with Crippen LogP contribution < -0.4 is 5.32 Å². The minimum Gasteiger partial charge on any atom is -0.351 e. The van der Waals surface area contributed by atoms with Crippen LogP contribution in [-0.2, 0) is 11.3 Å². The van der Waals surface area contributed by atoms with E-state index in [0.29, 0.717) is 19.1 Å². The Hall–Kier alpha value is -2.13. The molecule has 2 aromatic rings. The smallest absolute Gasteiger partial charge is 0.234 e. The molecule has 3 heteroatoms. The Labute approximate surface area is 132 Å². The van der Waals surface area contributed by atoms with Gasteiger partial charge in [0, 0.05) is 12.6 Å². The van der Waals surface area contributed by atoms with Gasteiger partial charge in [0.15, 0.2) is 0 Å². The average Bonchev–Trinajstić information content (AvgIpc) is 3.03. The van der Waals surface area contributed by atoms with Crippen molar-refractivity contribution in [2.45, 2.75) is 25.4 Å². The van der Waals surface area contributed by atoms with Gasteiger partial charge in [-0.3, -0.25) is 9.69 Å².